The van der Waals surface area contributed by atoms with Crippen molar-refractivity contribution in [1.29, 1.82) is 5.26 Å². The quantitative estimate of drug-likeness (QED) is 0.463. The first kappa shape index (κ1) is 14.8. The van der Waals surface area contributed by atoms with E-state index < -0.39 is 5.97 Å². The van der Waals surface area contributed by atoms with Crippen LogP contribution in [0.25, 0.3) is 0 Å². The van der Waals surface area contributed by atoms with Crippen LogP contribution in [0.15, 0.2) is 35.4 Å². The van der Waals surface area contributed by atoms with Crippen molar-refractivity contribution in [3.05, 3.63) is 41.0 Å². The molecule has 0 saturated carbocycles. The fourth-order valence-electron chi connectivity index (χ4n) is 1.66. The van der Waals surface area contributed by atoms with Gasteiger partial charge in [0.25, 0.3) is 0 Å². The van der Waals surface area contributed by atoms with E-state index in [2.05, 4.69) is 0 Å². The summed E-state index contributed by atoms with van der Waals surface area (Å²) in [5.41, 5.74) is 1.79. The number of benzene rings is 1. The van der Waals surface area contributed by atoms with Crippen molar-refractivity contribution in [1.82, 2.24) is 0 Å². The average Bonchev–Trinajstić information content (AvgIpc) is 2.40. The molecule has 0 N–H and O–H groups in total. The topological polar surface area (TPSA) is 59.3 Å². The van der Waals surface area contributed by atoms with Gasteiger partial charge in [-0.1, -0.05) is 12.1 Å². The van der Waals surface area contributed by atoms with Gasteiger partial charge in [0.15, 0.2) is 0 Å². The van der Waals surface area contributed by atoms with E-state index in [4.69, 9.17) is 14.7 Å². The van der Waals surface area contributed by atoms with Gasteiger partial charge < -0.3 is 9.47 Å². The van der Waals surface area contributed by atoms with E-state index in [9.17, 15) is 4.79 Å². The molecule has 0 unspecified atom stereocenters. The summed E-state index contributed by atoms with van der Waals surface area (Å²) in [6.07, 6.45) is 0.533. The van der Waals surface area contributed by atoms with E-state index in [-0.39, 0.29) is 12.2 Å². The fraction of sp³-hybridized carbons (Fsp3) is 0.333. The summed E-state index contributed by atoms with van der Waals surface area (Å²) < 4.78 is 9.93. The molecular weight excluding hydrogens is 242 g/mol. The Morgan fingerprint density at radius 3 is 2.42 bits per heavy atom. The highest BCUT2D eigenvalue weighted by Gasteiger charge is 2.13. The number of nitrogens with zero attached hydrogens (tertiary/aromatic N) is 1. The smallest absolute Gasteiger partial charge is 0.348 e. The van der Waals surface area contributed by atoms with Crippen molar-refractivity contribution in [2.45, 2.75) is 20.3 Å². The van der Waals surface area contributed by atoms with E-state index in [0.29, 0.717) is 12.0 Å². The molecule has 4 nitrogen and oxygen atoms in total. The first-order valence-corrected chi connectivity index (χ1v) is 6.02. The van der Waals surface area contributed by atoms with E-state index in [0.717, 1.165) is 11.3 Å². The number of carbonyl (C=O) groups excluding carboxylic acids is 1. The number of hydrogen-bond acceptors (Lipinski definition) is 4. The fourth-order valence-corrected chi connectivity index (χ4v) is 1.66. The van der Waals surface area contributed by atoms with Crippen molar-refractivity contribution < 1.29 is 14.3 Å². The van der Waals surface area contributed by atoms with Crippen LogP contribution in [0.1, 0.15) is 19.4 Å². The molecule has 0 amide bonds. The van der Waals surface area contributed by atoms with E-state index in [1.165, 1.54) is 0 Å². The highest BCUT2D eigenvalue weighted by molar-refractivity contribution is 5.93. The number of allylic oxidation sites excluding steroid dienone is 1. The molecule has 0 fully saturated rings. The number of esters is 1. The molecule has 0 radical (unpaired) electrons. The van der Waals surface area contributed by atoms with Crippen molar-refractivity contribution >= 4 is 5.97 Å². The van der Waals surface area contributed by atoms with Crippen LogP contribution in [0.5, 0.6) is 5.75 Å². The lowest BCUT2D eigenvalue weighted by atomic mass is 10.0. The van der Waals surface area contributed by atoms with E-state index >= 15 is 0 Å². The average molecular weight is 259 g/mol. The van der Waals surface area contributed by atoms with Crippen LogP contribution in [0.2, 0.25) is 0 Å². The summed E-state index contributed by atoms with van der Waals surface area (Å²) in [5, 5.41) is 9.02. The Morgan fingerprint density at radius 1 is 1.32 bits per heavy atom. The number of ether oxygens (including phenoxy) is 2. The van der Waals surface area contributed by atoms with Gasteiger partial charge in [-0.25, -0.2) is 4.79 Å². The van der Waals surface area contributed by atoms with Crippen LogP contribution >= 0.6 is 0 Å². The molecule has 0 saturated heterocycles. The minimum Gasteiger partial charge on any atom is -0.497 e. The van der Waals surface area contributed by atoms with Crippen LogP contribution in [0.4, 0.5) is 0 Å². The van der Waals surface area contributed by atoms with Gasteiger partial charge in [0.2, 0.25) is 0 Å². The second-order valence-corrected chi connectivity index (χ2v) is 4.01. The van der Waals surface area contributed by atoms with Crippen LogP contribution in [-0.2, 0) is 16.0 Å². The summed E-state index contributed by atoms with van der Waals surface area (Å²) >= 11 is 0. The summed E-state index contributed by atoms with van der Waals surface area (Å²) in [7, 11) is 1.61. The number of rotatable bonds is 5. The van der Waals surface area contributed by atoms with E-state index in [1.807, 2.05) is 30.3 Å². The Morgan fingerprint density at radius 2 is 1.95 bits per heavy atom. The van der Waals surface area contributed by atoms with Crippen LogP contribution in [-0.4, -0.2) is 19.7 Å². The Labute approximate surface area is 113 Å². The second kappa shape index (κ2) is 7.22. The monoisotopic (exact) mass is 259 g/mol. The zero-order chi connectivity index (χ0) is 14.3. The molecule has 0 heterocycles. The van der Waals surface area contributed by atoms with Gasteiger partial charge in [-0.15, -0.1) is 0 Å². The summed E-state index contributed by atoms with van der Waals surface area (Å²) in [6, 6.07) is 9.41. The molecule has 1 aromatic carbocycles. The van der Waals surface area contributed by atoms with Gasteiger partial charge in [0, 0.05) is 0 Å². The third-order valence-electron chi connectivity index (χ3n) is 2.65. The predicted octanol–water partition coefficient (Wildman–Crippen LogP) is 2.64. The number of methoxy groups -OCH3 is 1. The molecular formula is C15H17NO3. The third kappa shape index (κ3) is 4.14. The lowest BCUT2D eigenvalue weighted by molar-refractivity contribution is -0.138. The van der Waals surface area contributed by atoms with Crippen molar-refractivity contribution in [3.63, 3.8) is 0 Å². The second-order valence-electron chi connectivity index (χ2n) is 4.01. The Kier molecular flexibility index (Phi) is 5.62. The Hall–Kier alpha value is -2.28. The van der Waals surface area contributed by atoms with Crippen molar-refractivity contribution in [3.8, 4) is 11.8 Å². The molecule has 4 heteroatoms. The van der Waals surface area contributed by atoms with Gasteiger partial charge in [-0.05, 0) is 43.5 Å². The van der Waals surface area contributed by atoms with Gasteiger partial charge in [-0.2, -0.15) is 5.26 Å². The molecule has 0 aliphatic rings. The largest absolute Gasteiger partial charge is 0.497 e. The molecule has 0 aliphatic carbocycles. The van der Waals surface area contributed by atoms with Crippen LogP contribution < -0.4 is 4.74 Å². The molecule has 1 aromatic rings. The lowest BCUT2D eigenvalue weighted by Gasteiger charge is -2.06. The number of nitriles is 1. The van der Waals surface area contributed by atoms with Gasteiger partial charge in [0.1, 0.15) is 17.4 Å². The molecule has 0 bridgehead atoms. The maximum Gasteiger partial charge on any atom is 0.348 e. The first-order chi connectivity index (χ1) is 9.12. The minimum atomic E-state index is -0.559. The summed E-state index contributed by atoms with van der Waals surface area (Å²) in [5.74, 6) is 0.215. The van der Waals surface area contributed by atoms with Gasteiger partial charge in [0.05, 0.1) is 13.7 Å². The zero-order valence-corrected chi connectivity index (χ0v) is 11.4. The number of hydrogen-bond donors (Lipinski definition) is 0. The predicted molar refractivity (Wildman–Crippen MR) is 71.6 cm³/mol. The van der Waals surface area contributed by atoms with Crippen LogP contribution in [0.3, 0.4) is 0 Å². The molecule has 0 aliphatic heterocycles. The summed E-state index contributed by atoms with van der Waals surface area (Å²) in [6.45, 7) is 3.74. The highest BCUT2D eigenvalue weighted by Crippen LogP contribution is 2.16. The Bertz CT molecular complexity index is 509. The van der Waals surface area contributed by atoms with Crippen LogP contribution in [0, 0.1) is 11.3 Å². The zero-order valence-electron chi connectivity index (χ0n) is 11.4. The molecule has 0 spiro atoms. The maximum atomic E-state index is 11.6. The SMILES string of the molecule is CCOC(=O)/C(C#N)=C(/C)Cc1ccc(OC)cc1. The van der Waals surface area contributed by atoms with Gasteiger partial charge >= 0.3 is 5.97 Å². The third-order valence-corrected chi connectivity index (χ3v) is 2.65. The minimum absolute atomic E-state index is 0.0812. The summed E-state index contributed by atoms with van der Waals surface area (Å²) in [4.78, 5) is 11.6. The molecule has 0 aromatic heterocycles. The van der Waals surface area contributed by atoms with Crippen molar-refractivity contribution in [2.24, 2.45) is 0 Å². The maximum absolute atomic E-state index is 11.6. The number of carbonyl (C=O) groups is 1. The first-order valence-electron chi connectivity index (χ1n) is 6.02. The highest BCUT2D eigenvalue weighted by atomic mass is 16.5. The molecule has 100 valence electrons. The van der Waals surface area contributed by atoms with E-state index in [1.54, 1.807) is 21.0 Å². The molecule has 0 atom stereocenters. The standard InChI is InChI=1S/C15H17NO3/c1-4-19-15(17)14(10-16)11(2)9-12-5-7-13(18-3)8-6-12/h5-8H,4,9H2,1-3H3/b14-11-. The normalized spacial score (nSPS) is 11.3. The Balaban J connectivity index is 2.88. The lowest BCUT2D eigenvalue weighted by Crippen LogP contribution is -2.09. The molecule has 19 heavy (non-hydrogen) atoms. The van der Waals surface area contributed by atoms with Gasteiger partial charge in [-0.3, -0.25) is 0 Å². The van der Waals surface area contributed by atoms with Crippen molar-refractivity contribution in [2.75, 3.05) is 13.7 Å². The molecule has 1 rings (SSSR count).